The molecule has 3 heterocycles. The number of aromatic nitrogens is 2. The molecule has 0 bridgehead atoms. The van der Waals surface area contributed by atoms with Crippen LogP contribution >= 0.6 is 23.2 Å². The molecule has 7 nitrogen and oxygen atoms in total. The van der Waals surface area contributed by atoms with Crippen molar-refractivity contribution in [1.29, 1.82) is 0 Å². The van der Waals surface area contributed by atoms with Crippen LogP contribution in [0.5, 0.6) is 5.75 Å². The zero-order valence-corrected chi connectivity index (χ0v) is 23.1. The van der Waals surface area contributed by atoms with Gasteiger partial charge in [0.25, 0.3) is 0 Å². The van der Waals surface area contributed by atoms with Gasteiger partial charge in [-0.3, -0.25) is 4.90 Å². The van der Waals surface area contributed by atoms with Crippen molar-refractivity contribution in [3.05, 3.63) is 81.6 Å². The number of hydrogen-bond acceptors (Lipinski definition) is 5. The highest BCUT2D eigenvalue weighted by atomic mass is 35.5. The molecule has 2 aliphatic heterocycles. The first kappa shape index (κ1) is 26.4. The van der Waals surface area contributed by atoms with E-state index in [0.29, 0.717) is 40.8 Å². The first-order chi connectivity index (χ1) is 18.9. The van der Waals surface area contributed by atoms with Crippen molar-refractivity contribution in [2.45, 2.75) is 38.5 Å². The maximum atomic E-state index is 11.6. The summed E-state index contributed by atoms with van der Waals surface area (Å²) in [5.74, 6) is 1.69. The summed E-state index contributed by atoms with van der Waals surface area (Å²) in [6, 6.07) is 10.5. The van der Waals surface area contributed by atoms with Crippen LogP contribution in [-0.2, 0) is 17.8 Å². The Balaban J connectivity index is 1.13. The van der Waals surface area contributed by atoms with Gasteiger partial charge in [-0.2, -0.15) is 0 Å². The lowest BCUT2D eigenvalue weighted by molar-refractivity contribution is -0.0591. The van der Waals surface area contributed by atoms with Crippen LogP contribution in [0.3, 0.4) is 0 Å². The topological polar surface area (TPSA) is 76.8 Å². The van der Waals surface area contributed by atoms with Crippen molar-refractivity contribution >= 4 is 40.2 Å². The van der Waals surface area contributed by atoms with Crippen LogP contribution in [-0.4, -0.2) is 57.9 Å². The number of hydrogen-bond donors (Lipinski definition) is 1. The number of halogens is 2. The predicted octanol–water partition coefficient (Wildman–Crippen LogP) is 6.23. The monoisotopic (exact) mass is 567 g/mol. The predicted molar refractivity (Wildman–Crippen MR) is 152 cm³/mol. The number of carboxylic acids is 1. The third-order valence-electron chi connectivity index (χ3n) is 7.99. The van der Waals surface area contributed by atoms with Crippen molar-refractivity contribution in [3.63, 3.8) is 0 Å². The fourth-order valence-electron chi connectivity index (χ4n) is 5.77. The Hall–Kier alpha value is -2.84. The van der Waals surface area contributed by atoms with Gasteiger partial charge in [-0.1, -0.05) is 41.4 Å². The van der Waals surface area contributed by atoms with Crippen molar-refractivity contribution in [2.24, 2.45) is 11.8 Å². The van der Waals surface area contributed by atoms with E-state index < -0.39 is 5.97 Å². The minimum Gasteiger partial charge on any atom is -0.487 e. The lowest BCUT2D eigenvalue weighted by Gasteiger charge is -2.28. The first-order valence-corrected chi connectivity index (χ1v) is 14.2. The van der Waals surface area contributed by atoms with Crippen LogP contribution < -0.4 is 4.74 Å². The number of aromatic carboxylic acids is 1. The molecule has 3 atom stereocenters. The van der Waals surface area contributed by atoms with E-state index in [9.17, 15) is 9.90 Å². The zero-order valence-electron chi connectivity index (χ0n) is 21.6. The summed E-state index contributed by atoms with van der Waals surface area (Å²) in [5, 5.41) is 10.6. The molecule has 204 valence electrons. The van der Waals surface area contributed by atoms with E-state index in [1.165, 1.54) is 0 Å². The summed E-state index contributed by atoms with van der Waals surface area (Å²) in [6.07, 6.45) is 10.1. The molecule has 9 heteroatoms. The molecule has 3 aromatic rings. The second-order valence-corrected chi connectivity index (χ2v) is 11.5. The number of rotatable bonds is 9. The van der Waals surface area contributed by atoms with Crippen molar-refractivity contribution in [2.75, 3.05) is 26.3 Å². The maximum absolute atomic E-state index is 11.6. The van der Waals surface area contributed by atoms with Crippen molar-refractivity contribution < 1.29 is 19.4 Å². The van der Waals surface area contributed by atoms with Crippen LogP contribution in [0.2, 0.25) is 10.0 Å². The SMILES string of the molecule is O=C(O)c1ccc2nc(CN3CC[C@@H](C4C=C(COc5ccc(Cl)cc5Cl)C=CC4)C3)n(C[C@@H]3CCO3)c2c1. The van der Waals surface area contributed by atoms with Gasteiger partial charge in [0, 0.05) is 18.2 Å². The van der Waals surface area contributed by atoms with Gasteiger partial charge in [0.05, 0.1) is 40.8 Å². The number of fused-ring (bicyclic) bond motifs is 1. The second-order valence-electron chi connectivity index (χ2n) is 10.6. The molecule has 1 unspecified atom stereocenters. The molecule has 1 aromatic heterocycles. The highest BCUT2D eigenvalue weighted by Crippen LogP contribution is 2.33. The molecule has 0 radical (unpaired) electrons. The molecule has 2 aromatic carbocycles. The molecule has 39 heavy (non-hydrogen) atoms. The third-order valence-corrected chi connectivity index (χ3v) is 8.52. The minimum absolute atomic E-state index is 0.156. The molecule has 0 saturated carbocycles. The number of ether oxygens (including phenoxy) is 2. The number of allylic oxidation sites excluding steroid dienone is 2. The minimum atomic E-state index is -0.927. The fraction of sp³-hybridized carbons (Fsp3) is 0.400. The number of carboxylic acid groups (broad SMARTS) is 1. The molecule has 6 rings (SSSR count). The van der Waals surface area contributed by atoms with Gasteiger partial charge >= 0.3 is 5.97 Å². The molecule has 1 aliphatic carbocycles. The second kappa shape index (κ2) is 11.3. The summed E-state index contributed by atoms with van der Waals surface area (Å²) in [5.41, 5.74) is 3.13. The summed E-state index contributed by atoms with van der Waals surface area (Å²) >= 11 is 12.3. The van der Waals surface area contributed by atoms with Gasteiger partial charge < -0.3 is 19.1 Å². The van der Waals surface area contributed by atoms with E-state index >= 15 is 0 Å². The highest BCUT2D eigenvalue weighted by molar-refractivity contribution is 6.35. The zero-order chi connectivity index (χ0) is 26.9. The molecule has 3 aliphatic rings. The Morgan fingerprint density at radius 1 is 1.18 bits per heavy atom. The fourth-order valence-corrected chi connectivity index (χ4v) is 6.23. The van der Waals surface area contributed by atoms with Gasteiger partial charge in [0.1, 0.15) is 18.2 Å². The lowest BCUT2D eigenvalue weighted by atomic mass is 9.84. The van der Waals surface area contributed by atoms with Gasteiger partial charge in [-0.15, -0.1) is 0 Å². The Morgan fingerprint density at radius 2 is 2.05 bits per heavy atom. The summed E-state index contributed by atoms with van der Waals surface area (Å²) in [6.45, 7) is 4.69. The van der Waals surface area contributed by atoms with E-state index in [1.807, 2.05) is 6.07 Å². The quantitative estimate of drug-likeness (QED) is 0.330. The van der Waals surface area contributed by atoms with Crippen LogP contribution in [0.1, 0.15) is 35.4 Å². The van der Waals surface area contributed by atoms with Gasteiger partial charge in [0.15, 0.2) is 0 Å². The Labute approximate surface area is 237 Å². The number of nitrogens with zero attached hydrogens (tertiary/aromatic N) is 3. The number of likely N-dealkylation sites (tertiary alicyclic amines) is 1. The van der Waals surface area contributed by atoms with E-state index in [2.05, 4.69) is 27.7 Å². The van der Waals surface area contributed by atoms with Gasteiger partial charge in [-0.25, -0.2) is 9.78 Å². The highest BCUT2D eigenvalue weighted by Gasteiger charge is 2.30. The summed E-state index contributed by atoms with van der Waals surface area (Å²) in [4.78, 5) is 19.0. The molecule has 0 amide bonds. The molecular formula is C30H31Cl2N3O4. The summed E-state index contributed by atoms with van der Waals surface area (Å²) in [7, 11) is 0. The first-order valence-electron chi connectivity index (χ1n) is 13.4. The maximum Gasteiger partial charge on any atom is 0.335 e. The number of imidazole rings is 1. The number of carbonyl (C=O) groups is 1. The molecule has 1 N–H and O–H groups in total. The van der Waals surface area contributed by atoms with Crippen LogP contribution in [0.15, 0.2) is 60.2 Å². The van der Waals surface area contributed by atoms with E-state index in [-0.39, 0.29) is 11.7 Å². The van der Waals surface area contributed by atoms with Gasteiger partial charge in [0.2, 0.25) is 0 Å². The van der Waals surface area contributed by atoms with Crippen LogP contribution in [0.25, 0.3) is 11.0 Å². The standard InChI is InChI=1S/C30H31Cl2N3O4/c31-23-5-7-28(25(32)14-23)39-18-19-2-1-3-20(12-19)22-8-10-34(15-22)17-29-33-26-6-4-21(30(36)37)13-27(26)35(29)16-24-9-11-38-24/h1-2,4-7,12-14,20,22,24H,3,8-11,15-18H2,(H,36,37)/t20?,22-,24+/m1/s1. The van der Waals surface area contributed by atoms with Crippen molar-refractivity contribution in [1.82, 2.24) is 14.5 Å². The van der Waals surface area contributed by atoms with E-state index in [4.69, 9.17) is 37.7 Å². The Kier molecular flexibility index (Phi) is 7.67. The third kappa shape index (κ3) is 5.87. The molecule has 0 spiro atoms. The van der Waals surface area contributed by atoms with Gasteiger partial charge in [-0.05, 0) is 79.6 Å². The van der Waals surface area contributed by atoms with Crippen molar-refractivity contribution in [3.8, 4) is 5.75 Å². The normalized spacial score (nSPS) is 23.1. The van der Waals surface area contributed by atoms with E-state index in [0.717, 1.165) is 67.9 Å². The molecular weight excluding hydrogens is 537 g/mol. The average molecular weight is 569 g/mol. The number of benzene rings is 2. The average Bonchev–Trinajstić information content (AvgIpc) is 3.50. The molecule has 2 saturated heterocycles. The summed E-state index contributed by atoms with van der Waals surface area (Å²) < 4.78 is 13.8. The smallest absolute Gasteiger partial charge is 0.335 e. The van der Waals surface area contributed by atoms with Crippen LogP contribution in [0, 0.1) is 11.8 Å². The molecule has 2 fully saturated rings. The lowest BCUT2D eigenvalue weighted by Crippen LogP contribution is -2.32. The van der Waals surface area contributed by atoms with E-state index in [1.54, 1.807) is 30.3 Å². The Morgan fingerprint density at radius 3 is 2.82 bits per heavy atom. The Bertz CT molecular complexity index is 1450. The van der Waals surface area contributed by atoms with Crippen LogP contribution in [0.4, 0.5) is 0 Å². The largest absolute Gasteiger partial charge is 0.487 e.